The van der Waals surface area contributed by atoms with Crippen molar-refractivity contribution in [1.29, 1.82) is 0 Å². The fourth-order valence-corrected chi connectivity index (χ4v) is 2.34. The molecule has 1 fully saturated rings. The van der Waals surface area contributed by atoms with Gasteiger partial charge in [-0.25, -0.2) is 4.79 Å². The SMILES string of the molecule is CC(C)CNC(=O)NC(=O)CN1CC(CO)OC(C)(C)C1. The summed E-state index contributed by atoms with van der Waals surface area (Å²) in [6.07, 6.45) is -0.309. The Balaban J connectivity index is 2.41. The highest BCUT2D eigenvalue weighted by atomic mass is 16.5. The predicted octanol–water partition coefficient (Wildman–Crippen LogP) is -0.0601. The number of nitrogens with zero attached hydrogens (tertiary/aromatic N) is 1. The molecule has 0 aromatic heterocycles. The van der Waals surface area contributed by atoms with Gasteiger partial charge in [0.15, 0.2) is 0 Å². The quantitative estimate of drug-likeness (QED) is 0.662. The maximum atomic E-state index is 11.9. The van der Waals surface area contributed by atoms with Crippen LogP contribution in [-0.4, -0.2) is 66.4 Å². The number of urea groups is 1. The van der Waals surface area contributed by atoms with Crippen LogP contribution in [0.4, 0.5) is 4.79 Å². The Morgan fingerprint density at radius 2 is 2.10 bits per heavy atom. The van der Waals surface area contributed by atoms with E-state index < -0.39 is 11.6 Å². The molecule has 1 aliphatic rings. The molecule has 0 spiro atoms. The van der Waals surface area contributed by atoms with Crippen LogP contribution in [0.5, 0.6) is 0 Å². The molecule has 0 aliphatic carbocycles. The zero-order chi connectivity index (χ0) is 16.0. The van der Waals surface area contributed by atoms with Crippen LogP contribution >= 0.6 is 0 Å². The Morgan fingerprint density at radius 3 is 2.67 bits per heavy atom. The molecule has 7 heteroatoms. The monoisotopic (exact) mass is 301 g/mol. The molecule has 122 valence electrons. The largest absolute Gasteiger partial charge is 0.394 e. The normalized spacial score (nSPS) is 22.1. The molecule has 1 heterocycles. The molecule has 0 aromatic rings. The summed E-state index contributed by atoms with van der Waals surface area (Å²) in [7, 11) is 0. The van der Waals surface area contributed by atoms with Gasteiger partial charge in [-0.05, 0) is 19.8 Å². The Labute approximate surface area is 126 Å². The van der Waals surface area contributed by atoms with Gasteiger partial charge >= 0.3 is 6.03 Å². The molecule has 0 bridgehead atoms. The van der Waals surface area contributed by atoms with E-state index in [4.69, 9.17) is 4.74 Å². The van der Waals surface area contributed by atoms with E-state index in [1.54, 1.807) is 0 Å². The molecule has 1 unspecified atom stereocenters. The van der Waals surface area contributed by atoms with E-state index >= 15 is 0 Å². The third-order valence-corrected chi connectivity index (χ3v) is 3.05. The van der Waals surface area contributed by atoms with Gasteiger partial charge in [0, 0.05) is 19.6 Å². The van der Waals surface area contributed by atoms with Crippen LogP contribution in [0.25, 0.3) is 0 Å². The summed E-state index contributed by atoms with van der Waals surface area (Å²) in [5.41, 5.74) is -0.425. The summed E-state index contributed by atoms with van der Waals surface area (Å²) in [5.74, 6) is -0.0261. The average molecular weight is 301 g/mol. The highest BCUT2D eigenvalue weighted by Gasteiger charge is 2.33. The third-order valence-electron chi connectivity index (χ3n) is 3.05. The van der Waals surface area contributed by atoms with Gasteiger partial charge in [-0.15, -0.1) is 0 Å². The van der Waals surface area contributed by atoms with E-state index in [0.717, 1.165) is 0 Å². The molecular weight excluding hydrogens is 274 g/mol. The van der Waals surface area contributed by atoms with Crippen molar-refractivity contribution < 1.29 is 19.4 Å². The first kappa shape index (κ1) is 17.9. The molecule has 21 heavy (non-hydrogen) atoms. The number of morpholine rings is 1. The van der Waals surface area contributed by atoms with Crippen molar-refractivity contribution in [3.8, 4) is 0 Å². The lowest BCUT2D eigenvalue weighted by Crippen LogP contribution is -2.56. The molecule has 1 saturated heterocycles. The summed E-state index contributed by atoms with van der Waals surface area (Å²) < 4.78 is 5.68. The maximum Gasteiger partial charge on any atom is 0.321 e. The minimum Gasteiger partial charge on any atom is -0.394 e. The molecular formula is C14H27N3O4. The second kappa shape index (κ2) is 7.72. The summed E-state index contributed by atoms with van der Waals surface area (Å²) in [5, 5.41) is 14.2. The van der Waals surface area contributed by atoms with E-state index in [0.29, 0.717) is 25.6 Å². The number of nitrogens with one attached hydrogen (secondary N) is 2. The van der Waals surface area contributed by atoms with Crippen molar-refractivity contribution in [2.24, 2.45) is 5.92 Å². The second-order valence-corrected chi connectivity index (χ2v) is 6.50. The minimum absolute atomic E-state index is 0.0869. The number of carbonyl (C=O) groups excluding carboxylic acids is 2. The fourth-order valence-electron chi connectivity index (χ4n) is 2.34. The first-order valence-corrected chi connectivity index (χ1v) is 7.30. The van der Waals surface area contributed by atoms with Gasteiger partial charge in [-0.2, -0.15) is 0 Å². The first-order valence-electron chi connectivity index (χ1n) is 7.30. The maximum absolute atomic E-state index is 11.9. The van der Waals surface area contributed by atoms with E-state index in [-0.39, 0.29) is 25.2 Å². The van der Waals surface area contributed by atoms with Gasteiger partial charge in [0.1, 0.15) is 0 Å². The highest BCUT2D eigenvalue weighted by Crippen LogP contribution is 2.20. The number of aliphatic hydroxyl groups excluding tert-OH is 1. The summed E-state index contributed by atoms with van der Waals surface area (Å²) in [6.45, 7) is 9.38. The van der Waals surface area contributed by atoms with Crippen LogP contribution in [0.15, 0.2) is 0 Å². The number of ether oxygens (including phenoxy) is 1. The van der Waals surface area contributed by atoms with Crippen LogP contribution in [-0.2, 0) is 9.53 Å². The average Bonchev–Trinajstić information content (AvgIpc) is 2.34. The second-order valence-electron chi connectivity index (χ2n) is 6.50. The van der Waals surface area contributed by atoms with E-state index in [2.05, 4.69) is 10.6 Å². The Bertz CT molecular complexity index is 371. The minimum atomic E-state index is -0.472. The number of amides is 3. The van der Waals surface area contributed by atoms with Crippen molar-refractivity contribution in [1.82, 2.24) is 15.5 Å². The lowest BCUT2D eigenvalue weighted by atomic mass is 10.1. The molecule has 7 nitrogen and oxygen atoms in total. The molecule has 0 radical (unpaired) electrons. The third kappa shape index (κ3) is 6.88. The van der Waals surface area contributed by atoms with Crippen molar-refractivity contribution in [3.63, 3.8) is 0 Å². The summed E-state index contributed by atoms with van der Waals surface area (Å²) >= 11 is 0. The Hall–Kier alpha value is -1.18. The van der Waals surface area contributed by atoms with Crippen molar-refractivity contribution in [3.05, 3.63) is 0 Å². The Morgan fingerprint density at radius 1 is 1.43 bits per heavy atom. The summed E-state index contributed by atoms with van der Waals surface area (Å²) in [6, 6.07) is -0.472. The topological polar surface area (TPSA) is 90.9 Å². The van der Waals surface area contributed by atoms with Gasteiger partial charge in [0.2, 0.25) is 5.91 Å². The van der Waals surface area contributed by atoms with Crippen molar-refractivity contribution in [2.45, 2.75) is 39.4 Å². The molecule has 1 rings (SSSR count). The van der Waals surface area contributed by atoms with E-state index in [9.17, 15) is 14.7 Å². The Kier molecular flexibility index (Phi) is 6.57. The van der Waals surface area contributed by atoms with Gasteiger partial charge < -0.3 is 15.2 Å². The molecule has 1 atom stereocenters. The predicted molar refractivity (Wildman–Crippen MR) is 78.9 cm³/mol. The van der Waals surface area contributed by atoms with Crippen LogP contribution in [0.3, 0.4) is 0 Å². The lowest BCUT2D eigenvalue weighted by molar-refractivity contribution is -0.152. The molecule has 3 amide bonds. The smallest absolute Gasteiger partial charge is 0.321 e. The number of hydrogen-bond donors (Lipinski definition) is 3. The number of rotatable bonds is 5. The van der Waals surface area contributed by atoms with Crippen LogP contribution in [0.1, 0.15) is 27.7 Å². The number of hydrogen-bond acceptors (Lipinski definition) is 5. The van der Waals surface area contributed by atoms with Gasteiger partial charge in [-0.3, -0.25) is 15.0 Å². The van der Waals surface area contributed by atoms with Gasteiger partial charge in [0.25, 0.3) is 0 Å². The van der Waals surface area contributed by atoms with Gasteiger partial charge in [-0.1, -0.05) is 13.8 Å². The first-order chi connectivity index (χ1) is 9.71. The van der Waals surface area contributed by atoms with Crippen LogP contribution in [0, 0.1) is 5.92 Å². The lowest BCUT2D eigenvalue weighted by Gasteiger charge is -2.41. The number of imide groups is 1. The molecule has 1 aliphatic heterocycles. The standard InChI is InChI=1S/C14H27N3O4/c1-10(2)5-15-13(20)16-12(19)7-17-6-11(8-18)21-14(3,4)9-17/h10-11,18H,5-9H2,1-4H3,(H2,15,16,19,20). The molecule has 0 saturated carbocycles. The molecule has 3 N–H and O–H groups in total. The van der Waals surface area contributed by atoms with Crippen molar-refractivity contribution >= 4 is 11.9 Å². The number of carbonyl (C=O) groups is 2. The van der Waals surface area contributed by atoms with Crippen LogP contribution < -0.4 is 10.6 Å². The summed E-state index contributed by atoms with van der Waals surface area (Å²) in [4.78, 5) is 25.3. The zero-order valence-corrected chi connectivity index (χ0v) is 13.3. The van der Waals surface area contributed by atoms with E-state index in [1.165, 1.54) is 0 Å². The zero-order valence-electron chi connectivity index (χ0n) is 13.3. The van der Waals surface area contributed by atoms with Crippen LogP contribution in [0.2, 0.25) is 0 Å². The van der Waals surface area contributed by atoms with Crippen molar-refractivity contribution in [2.75, 3.05) is 32.8 Å². The van der Waals surface area contributed by atoms with E-state index in [1.807, 2.05) is 32.6 Å². The van der Waals surface area contributed by atoms with Gasteiger partial charge in [0.05, 0.1) is 24.9 Å². The number of aliphatic hydroxyl groups is 1. The fraction of sp³-hybridized carbons (Fsp3) is 0.857. The highest BCUT2D eigenvalue weighted by molar-refractivity contribution is 5.95. The molecule has 0 aromatic carbocycles.